The van der Waals surface area contributed by atoms with E-state index in [4.69, 9.17) is 16.7 Å². The minimum atomic E-state index is -0.436. The lowest BCUT2D eigenvalue weighted by molar-refractivity contribution is 0.465. The van der Waals surface area contributed by atoms with Gasteiger partial charge in [0.15, 0.2) is 0 Å². The van der Waals surface area contributed by atoms with Crippen LogP contribution in [-0.4, -0.2) is 11.7 Å². The zero-order valence-corrected chi connectivity index (χ0v) is 8.31. The highest BCUT2D eigenvalue weighted by Crippen LogP contribution is 2.33. The van der Waals surface area contributed by atoms with Gasteiger partial charge in [0.2, 0.25) is 0 Å². The van der Waals surface area contributed by atoms with Crippen LogP contribution in [0.2, 0.25) is 5.02 Å². The average Bonchev–Trinajstić information content (AvgIpc) is 2.54. The summed E-state index contributed by atoms with van der Waals surface area (Å²) in [5, 5.41) is 12.6. The Bertz CT molecular complexity index is 327. The van der Waals surface area contributed by atoms with Crippen molar-refractivity contribution in [3.05, 3.63) is 28.5 Å². The topological polar surface area (TPSA) is 32.3 Å². The number of phenols is 1. The van der Waals surface area contributed by atoms with E-state index in [0.29, 0.717) is 10.6 Å². The van der Waals surface area contributed by atoms with E-state index < -0.39 is 5.82 Å². The predicted molar refractivity (Wildman–Crippen MR) is 53.1 cm³/mol. The summed E-state index contributed by atoms with van der Waals surface area (Å²) < 4.78 is 13.5. The Balaban J connectivity index is 2.40. The third-order valence-electron chi connectivity index (χ3n) is 2.47. The van der Waals surface area contributed by atoms with Crippen molar-refractivity contribution < 1.29 is 9.50 Å². The van der Waals surface area contributed by atoms with E-state index in [1.54, 1.807) is 0 Å². The third kappa shape index (κ3) is 1.70. The lowest BCUT2D eigenvalue weighted by atomic mass is 10.0. The molecule has 2 rings (SSSR count). The van der Waals surface area contributed by atoms with Gasteiger partial charge in [-0.2, -0.15) is 0 Å². The molecule has 1 saturated heterocycles. The molecule has 0 saturated carbocycles. The van der Waals surface area contributed by atoms with Gasteiger partial charge in [0.1, 0.15) is 11.6 Å². The van der Waals surface area contributed by atoms with Crippen molar-refractivity contribution in [1.82, 2.24) is 5.32 Å². The molecule has 1 unspecified atom stereocenters. The summed E-state index contributed by atoms with van der Waals surface area (Å²) in [6.45, 7) is 0.890. The van der Waals surface area contributed by atoms with Crippen molar-refractivity contribution >= 4 is 11.6 Å². The minimum absolute atomic E-state index is 0.0110. The number of nitrogens with one attached hydrogen (secondary N) is 1. The number of hydrogen-bond donors (Lipinski definition) is 2. The first-order valence-corrected chi connectivity index (χ1v) is 4.97. The lowest BCUT2D eigenvalue weighted by Gasteiger charge is -2.13. The summed E-state index contributed by atoms with van der Waals surface area (Å²) in [5.74, 6) is -0.566. The first kappa shape index (κ1) is 9.74. The molecule has 1 heterocycles. The Kier molecular flexibility index (Phi) is 2.61. The van der Waals surface area contributed by atoms with Gasteiger partial charge < -0.3 is 10.4 Å². The van der Waals surface area contributed by atoms with E-state index >= 15 is 0 Å². The maximum absolute atomic E-state index is 13.5. The van der Waals surface area contributed by atoms with Gasteiger partial charge in [-0.1, -0.05) is 11.6 Å². The third-order valence-corrected chi connectivity index (χ3v) is 2.79. The van der Waals surface area contributed by atoms with Crippen LogP contribution in [0.5, 0.6) is 5.75 Å². The second kappa shape index (κ2) is 3.75. The molecule has 2 N–H and O–H groups in total. The number of benzene rings is 1. The maximum Gasteiger partial charge on any atom is 0.133 e. The van der Waals surface area contributed by atoms with E-state index in [0.717, 1.165) is 25.5 Å². The molecule has 4 heteroatoms. The molecule has 0 radical (unpaired) electrons. The van der Waals surface area contributed by atoms with Crippen molar-refractivity contribution in [3.8, 4) is 5.75 Å². The lowest BCUT2D eigenvalue weighted by Crippen LogP contribution is -2.14. The molecule has 1 aliphatic rings. The fourth-order valence-electron chi connectivity index (χ4n) is 1.83. The molecule has 1 aromatic rings. The van der Waals surface area contributed by atoms with E-state index in [-0.39, 0.29) is 11.8 Å². The van der Waals surface area contributed by atoms with Crippen molar-refractivity contribution in [1.29, 1.82) is 0 Å². The van der Waals surface area contributed by atoms with Crippen LogP contribution in [0.25, 0.3) is 0 Å². The van der Waals surface area contributed by atoms with Crippen molar-refractivity contribution in [2.45, 2.75) is 18.9 Å². The highest BCUT2D eigenvalue weighted by atomic mass is 35.5. The Morgan fingerprint density at radius 3 is 2.86 bits per heavy atom. The fraction of sp³-hybridized carbons (Fsp3) is 0.400. The highest BCUT2D eigenvalue weighted by molar-refractivity contribution is 6.31. The molecule has 14 heavy (non-hydrogen) atoms. The highest BCUT2D eigenvalue weighted by Gasteiger charge is 2.22. The van der Waals surface area contributed by atoms with E-state index in [9.17, 15) is 4.39 Å². The number of aromatic hydroxyl groups is 1. The quantitative estimate of drug-likeness (QED) is 0.755. The van der Waals surface area contributed by atoms with Gasteiger partial charge in [-0.15, -0.1) is 0 Å². The van der Waals surface area contributed by atoms with Gasteiger partial charge in [-0.25, -0.2) is 4.39 Å². The van der Waals surface area contributed by atoms with E-state index in [1.807, 2.05) is 0 Å². The van der Waals surface area contributed by atoms with Crippen molar-refractivity contribution in [2.24, 2.45) is 0 Å². The molecule has 0 bridgehead atoms. The molecule has 1 aromatic carbocycles. The van der Waals surface area contributed by atoms with Gasteiger partial charge in [0.25, 0.3) is 0 Å². The van der Waals surface area contributed by atoms with Gasteiger partial charge in [0.05, 0.1) is 5.02 Å². The van der Waals surface area contributed by atoms with Crippen molar-refractivity contribution in [3.63, 3.8) is 0 Å². The summed E-state index contributed by atoms with van der Waals surface area (Å²) in [6.07, 6.45) is 1.92. The summed E-state index contributed by atoms with van der Waals surface area (Å²) >= 11 is 5.87. The monoisotopic (exact) mass is 215 g/mol. The predicted octanol–water partition coefficient (Wildman–Crippen LogP) is 2.61. The fourth-order valence-corrected chi connectivity index (χ4v) is 2.17. The van der Waals surface area contributed by atoms with Gasteiger partial charge in [-0.3, -0.25) is 0 Å². The molecule has 1 aliphatic heterocycles. The first-order chi connectivity index (χ1) is 6.68. The molecule has 0 spiro atoms. The minimum Gasteiger partial charge on any atom is -0.508 e. The normalized spacial score (nSPS) is 21.4. The molecule has 1 atom stereocenters. The SMILES string of the molecule is Oc1cc(F)c(C2CCCN2)c(Cl)c1. The van der Waals surface area contributed by atoms with Crippen LogP contribution in [0.1, 0.15) is 24.4 Å². The largest absolute Gasteiger partial charge is 0.508 e. The Morgan fingerprint density at radius 1 is 1.50 bits per heavy atom. The number of halogens is 2. The van der Waals surface area contributed by atoms with Crippen LogP contribution >= 0.6 is 11.6 Å². The zero-order valence-electron chi connectivity index (χ0n) is 7.56. The Labute approximate surface area is 86.7 Å². The van der Waals surface area contributed by atoms with Crippen LogP contribution in [0.4, 0.5) is 4.39 Å². The molecule has 1 fully saturated rings. The molecular formula is C10H11ClFNO. The summed E-state index contributed by atoms with van der Waals surface area (Å²) in [7, 11) is 0. The van der Waals surface area contributed by atoms with Gasteiger partial charge in [0, 0.05) is 17.7 Å². The smallest absolute Gasteiger partial charge is 0.133 e. The zero-order chi connectivity index (χ0) is 10.1. The van der Waals surface area contributed by atoms with Gasteiger partial charge >= 0.3 is 0 Å². The van der Waals surface area contributed by atoms with Crippen LogP contribution in [0, 0.1) is 5.82 Å². The van der Waals surface area contributed by atoms with E-state index in [1.165, 1.54) is 6.07 Å². The second-order valence-electron chi connectivity index (χ2n) is 3.47. The average molecular weight is 216 g/mol. The number of rotatable bonds is 1. The van der Waals surface area contributed by atoms with E-state index in [2.05, 4.69) is 5.32 Å². The summed E-state index contributed by atoms with van der Waals surface area (Å²) in [4.78, 5) is 0. The number of phenolic OH excluding ortho intramolecular Hbond substituents is 1. The van der Waals surface area contributed by atoms with Crippen molar-refractivity contribution in [2.75, 3.05) is 6.54 Å². The molecule has 2 nitrogen and oxygen atoms in total. The molecular weight excluding hydrogens is 205 g/mol. The molecule has 0 aromatic heterocycles. The number of hydrogen-bond acceptors (Lipinski definition) is 2. The van der Waals surface area contributed by atoms with Crippen LogP contribution in [-0.2, 0) is 0 Å². The van der Waals surface area contributed by atoms with Gasteiger partial charge in [-0.05, 0) is 25.5 Å². The maximum atomic E-state index is 13.5. The summed E-state index contributed by atoms with van der Waals surface area (Å²) in [6, 6.07) is 2.46. The first-order valence-electron chi connectivity index (χ1n) is 4.60. The van der Waals surface area contributed by atoms with Crippen LogP contribution < -0.4 is 5.32 Å². The Morgan fingerprint density at radius 2 is 2.29 bits per heavy atom. The summed E-state index contributed by atoms with van der Waals surface area (Å²) in [5.41, 5.74) is 0.474. The van der Waals surface area contributed by atoms with Crippen LogP contribution in [0.15, 0.2) is 12.1 Å². The van der Waals surface area contributed by atoms with Crippen LogP contribution in [0.3, 0.4) is 0 Å². The Hall–Kier alpha value is -0.800. The molecule has 0 aliphatic carbocycles. The molecule has 76 valence electrons. The molecule has 0 amide bonds. The second-order valence-corrected chi connectivity index (χ2v) is 3.88. The standard InChI is InChI=1S/C10H11ClFNO/c11-7-4-6(14)5-8(12)10(7)9-2-1-3-13-9/h4-5,9,13-14H,1-3H2.